The standard InChI is InChI=1S/C15H20ClNO3S/c1-12-8-6-7-11-15(12)21(18,19)20-17-14-10-5-3-2-4-9-13(14)16/h6-8,11,13H,2-5,9-10H2,1H3/b17-14-. The minimum atomic E-state index is -3.88. The van der Waals surface area contributed by atoms with Gasteiger partial charge in [-0.1, -0.05) is 42.6 Å². The monoisotopic (exact) mass is 329 g/mol. The zero-order valence-electron chi connectivity index (χ0n) is 12.1. The van der Waals surface area contributed by atoms with Crippen LogP contribution in [0.25, 0.3) is 0 Å². The van der Waals surface area contributed by atoms with Gasteiger partial charge in [0, 0.05) is 0 Å². The number of rotatable bonds is 3. The second-order valence-corrected chi connectivity index (χ2v) is 7.32. The molecule has 1 unspecified atom stereocenters. The maximum absolute atomic E-state index is 12.2. The van der Waals surface area contributed by atoms with Crippen LogP contribution < -0.4 is 0 Å². The van der Waals surface area contributed by atoms with E-state index < -0.39 is 10.1 Å². The third-order valence-corrected chi connectivity index (χ3v) is 5.36. The molecule has 1 aliphatic carbocycles. The topological polar surface area (TPSA) is 55.7 Å². The van der Waals surface area contributed by atoms with Crippen LogP contribution in [0.5, 0.6) is 0 Å². The van der Waals surface area contributed by atoms with E-state index in [-0.39, 0.29) is 10.3 Å². The van der Waals surface area contributed by atoms with Crippen molar-refractivity contribution in [3.63, 3.8) is 0 Å². The summed E-state index contributed by atoms with van der Waals surface area (Å²) in [7, 11) is -3.88. The summed E-state index contributed by atoms with van der Waals surface area (Å²) >= 11 is 6.26. The van der Waals surface area contributed by atoms with E-state index >= 15 is 0 Å². The number of hydrogen-bond acceptors (Lipinski definition) is 4. The van der Waals surface area contributed by atoms with E-state index in [1.54, 1.807) is 25.1 Å². The SMILES string of the molecule is Cc1ccccc1S(=O)(=O)O/N=C1/CCCCCCC1Cl. The summed E-state index contributed by atoms with van der Waals surface area (Å²) in [6.45, 7) is 1.73. The lowest BCUT2D eigenvalue weighted by Crippen LogP contribution is -2.18. The summed E-state index contributed by atoms with van der Waals surface area (Å²) in [5.74, 6) is 0. The third-order valence-electron chi connectivity index (χ3n) is 3.62. The Hall–Kier alpha value is -1.07. The molecule has 1 saturated carbocycles. The molecule has 1 fully saturated rings. The predicted octanol–water partition coefficient (Wildman–Crippen LogP) is 4.02. The van der Waals surface area contributed by atoms with Crippen molar-refractivity contribution in [2.45, 2.75) is 55.7 Å². The molecule has 0 saturated heterocycles. The third kappa shape index (κ3) is 4.45. The second-order valence-electron chi connectivity index (χ2n) is 5.30. The van der Waals surface area contributed by atoms with Crippen molar-refractivity contribution in [2.75, 3.05) is 0 Å². The van der Waals surface area contributed by atoms with Gasteiger partial charge in [0.25, 0.3) is 0 Å². The number of oxime groups is 1. The molecule has 6 heteroatoms. The van der Waals surface area contributed by atoms with E-state index in [1.165, 1.54) is 12.5 Å². The van der Waals surface area contributed by atoms with Crippen LogP contribution in [-0.2, 0) is 14.4 Å². The van der Waals surface area contributed by atoms with Crippen LogP contribution in [0.15, 0.2) is 34.3 Å². The van der Waals surface area contributed by atoms with Crippen molar-refractivity contribution >= 4 is 27.4 Å². The lowest BCUT2D eigenvalue weighted by atomic mass is 9.99. The van der Waals surface area contributed by atoms with Crippen LogP contribution in [0.4, 0.5) is 0 Å². The van der Waals surface area contributed by atoms with Gasteiger partial charge in [-0.2, -0.15) is 8.42 Å². The zero-order valence-corrected chi connectivity index (χ0v) is 13.7. The average molecular weight is 330 g/mol. The van der Waals surface area contributed by atoms with Gasteiger partial charge in [0.1, 0.15) is 4.90 Å². The molecular weight excluding hydrogens is 310 g/mol. The maximum Gasteiger partial charge on any atom is 0.358 e. The molecule has 116 valence electrons. The Labute approximate surface area is 131 Å². The van der Waals surface area contributed by atoms with Crippen molar-refractivity contribution in [3.8, 4) is 0 Å². The summed E-state index contributed by atoms with van der Waals surface area (Å²) in [5, 5.41) is 3.61. The smallest absolute Gasteiger partial charge is 0.265 e. The summed E-state index contributed by atoms with van der Waals surface area (Å²) in [6, 6.07) is 6.69. The Morgan fingerprint density at radius 2 is 1.90 bits per heavy atom. The maximum atomic E-state index is 12.2. The first-order chi connectivity index (χ1) is 10.0. The van der Waals surface area contributed by atoms with Crippen LogP contribution in [0.2, 0.25) is 0 Å². The van der Waals surface area contributed by atoms with Gasteiger partial charge in [0.15, 0.2) is 0 Å². The number of nitrogens with zero attached hydrogens (tertiary/aromatic N) is 1. The number of aryl methyl sites for hydroxylation is 1. The molecule has 1 aromatic carbocycles. The van der Waals surface area contributed by atoms with Crippen LogP contribution in [0.3, 0.4) is 0 Å². The summed E-state index contributed by atoms with van der Waals surface area (Å²) < 4.78 is 29.2. The Bertz CT molecular complexity index is 613. The zero-order chi connectivity index (χ0) is 15.3. The minimum absolute atomic E-state index is 0.145. The molecule has 0 bridgehead atoms. The van der Waals surface area contributed by atoms with E-state index in [4.69, 9.17) is 15.9 Å². The summed E-state index contributed by atoms with van der Waals surface area (Å²) in [4.78, 5) is 0.145. The molecule has 1 aromatic rings. The van der Waals surface area contributed by atoms with Gasteiger partial charge >= 0.3 is 10.1 Å². The van der Waals surface area contributed by atoms with Crippen molar-refractivity contribution in [3.05, 3.63) is 29.8 Å². The molecule has 0 N–H and O–H groups in total. The van der Waals surface area contributed by atoms with Gasteiger partial charge in [-0.25, -0.2) is 0 Å². The predicted molar refractivity (Wildman–Crippen MR) is 84.2 cm³/mol. The molecule has 2 rings (SSSR count). The second kappa shape index (κ2) is 7.27. The molecule has 0 aliphatic heterocycles. The van der Waals surface area contributed by atoms with Gasteiger partial charge in [0.05, 0.1) is 11.1 Å². The normalized spacial score (nSPS) is 22.6. The molecule has 21 heavy (non-hydrogen) atoms. The molecule has 0 amide bonds. The first kappa shape index (κ1) is 16.3. The fraction of sp³-hybridized carbons (Fsp3) is 0.533. The highest BCUT2D eigenvalue weighted by Crippen LogP contribution is 2.22. The lowest BCUT2D eigenvalue weighted by Gasteiger charge is -2.15. The molecule has 4 nitrogen and oxygen atoms in total. The lowest BCUT2D eigenvalue weighted by molar-refractivity contribution is 0.335. The molecule has 1 aliphatic rings. The van der Waals surface area contributed by atoms with E-state index in [0.29, 0.717) is 17.7 Å². The summed E-state index contributed by atoms with van der Waals surface area (Å²) in [6.07, 6.45) is 5.80. The van der Waals surface area contributed by atoms with Crippen molar-refractivity contribution in [1.29, 1.82) is 0 Å². The van der Waals surface area contributed by atoms with Crippen molar-refractivity contribution < 1.29 is 12.7 Å². The fourth-order valence-electron chi connectivity index (χ4n) is 2.38. The van der Waals surface area contributed by atoms with E-state index in [2.05, 4.69) is 5.16 Å². The van der Waals surface area contributed by atoms with E-state index in [9.17, 15) is 8.42 Å². The van der Waals surface area contributed by atoms with E-state index in [0.717, 1.165) is 25.7 Å². The Morgan fingerprint density at radius 1 is 1.19 bits per heavy atom. The highest BCUT2D eigenvalue weighted by Gasteiger charge is 2.21. The van der Waals surface area contributed by atoms with Crippen molar-refractivity contribution in [1.82, 2.24) is 0 Å². The van der Waals surface area contributed by atoms with Gasteiger partial charge < -0.3 is 0 Å². The molecule has 0 spiro atoms. The Balaban J connectivity index is 2.16. The highest BCUT2D eigenvalue weighted by molar-refractivity contribution is 7.86. The van der Waals surface area contributed by atoms with Crippen LogP contribution in [0.1, 0.15) is 44.1 Å². The largest absolute Gasteiger partial charge is 0.358 e. The minimum Gasteiger partial charge on any atom is -0.265 e. The van der Waals surface area contributed by atoms with Crippen LogP contribution in [0, 0.1) is 6.92 Å². The van der Waals surface area contributed by atoms with Gasteiger partial charge in [0.2, 0.25) is 0 Å². The van der Waals surface area contributed by atoms with Gasteiger partial charge in [-0.3, -0.25) is 4.28 Å². The number of hydrogen-bond donors (Lipinski definition) is 0. The molecule has 1 atom stereocenters. The van der Waals surface area contributed by atoms with Gasteiger partial charge in [-0.05, 0) is 37.8 Å². The summed E-state index contributed by atoms with van der Waals surface area (Å²) in [5.41, 5.74) is 1.27. The number of halogens is 1. The molecule has 0 radical (unpaired) electrons. The Morgan fingerprint density at radius 3 is 2.67 bits per heavy atom. The quantitative estimate of drug-likeness (QED) is 0.621. The molecule has 0 heterocycles. The number of benzene rings is 1. The van der Waals surface area contributed by atoms with E-state index in [1.807, 2.05) is 0 Å². The van der Waals surface area contributed by atoms with Crippen LogP contribution in [-0.4, -0.2) is 19.5 Å². The molecule has 0 aromatic heterocycles. The Kier molecular flexibility index (Phi) is 5.65. The first-order valence-corrected chi connectivity index (χ1v) is 9.05. The van der Waals surface area contributed by atoms with Crippen LogP contribution >= 0.6 is 11.6 Å². The molecular formula is C15H20ClNO3S. The average Bonchev–Trinajstić information content (AvgIpc) is 2.43. The fourth-order valence-corrected chi connectivity index (χ4v) is 3.67. The number of alkyl halides is 1. The van der Waals surface area contributed by atoms with Crippen molar-refractivity contribution in [2.24, 2.45) is 5.16 Å². The highest BCUT2D eigenvalue weighted by atomic mass is 35.5. The first-order valence-electron chi connectivity index (χ1n) is 7.21. The van der Waals surface area contributed by atoms with Gasteiger partial charge in [-0.15, -0.1) is 11.6 Å².